The molecule has 0 bridgehead atoms. The van der Waals surface area contributed by atoms with Crippen LogP contribution in [0.4, 0.5) is 0 Å². The minimum atomic E-state index is 0.171. The van der Waals surface area contributed by atoms with Crippen molar-refractivity contribution in [2.75, 3.05) is 19.6 Å². The Bertz CT molecular complexity index is 624. The fourth-order valence-corrected chi connectivity index (χ4v) is 2.54. The smallest absolute Gasteiger partial charge is 0.236 e. The molecule has 1 saturated heterocycles. The summed E-state index contributed by atoms with van der Waals surface area (Å²) in [7, 11) is 0. The minimum absolute atomic E-state index is 0.171. The highest BCUT2D eigenvalue weighted by Gasteiger charge is 2.18. The molecule has 4 heteroatoms. The van der Waals surface area contributed by atoms with Crippen LogP contribution >= 0.6 is 0 Å². The quantitative estimate of drug-likeness (QED) is 0.884. The largest absolute Gasteiger partial charge is 0.336 e. The van der Waals surface area contributed by atoms with Gasteiger partial charge in [-0.1, -0.05) is 18.2 Å². The van der Waals surface area contributed by atoms with Crippen molar-refractivity contribution in [3.63, 3.8) is 0 Å². The van der Waals surface area contributed by atoms with E-state index in [0.717, 1.165) is 29.7 Å². The van der Waals surface area contributed by atoms with E-state index in [0.29, 0.717) is 13.1 Å². The molecule has 0 radical (unpaired) electrons. The molecule has 0 atom stereocenters. The Morgan fingerprint density at radius 2 is 2.21 bits per heavy atom. The van der Waals surface area contributed by atoms with Crippen LogP contribution in [0.25, 0.3) is 10.9 Å². The second-order valence-electron chi connectivity index (χ2n) is 4.93. The average molecular weight is 255 g/mol. The van der Waals surface area contributed by atoms with Gasteiger partial charge in [0.05, 0.1) is 12.1 Å². The number of piperazine rings is 1. The molecule has 1 aromatic heterocycles. The SMILES string of the molecule is Cc1cc(CN2CCNCC2=O)c2ccccc2n1. The Morgan fingerprint density at radius 3 is 3.05 bits per heavy atom. The summed E-state index contributed by atoms with van der Waals surface area (Å²) in [5, 5.41) is 4.23. The molecule has 0 saturated carbocycles. The molecule has 1 amide bonds. The number of benzene rings is 1. The molecule has 0 unspecified atom stereocenters. The first-order valence-electron chi connectivity index (χ1n) is 6.58. The van der Waals surface area contributed by atoms with Crippen LogP contribution in [0.15, 0.2) is 30.3 Å². The first-order valence-corrected chi connectivity index (χ1v) is 6.58. The average Bonchev–Trinajstić information content (AvgIpc) is 2.41. The van der Waals surface area contributed by atoms with E-state index >= 15 is 0 Å². The Kier molecular flexibility index (Phi) is 3.17. The molecule has 4 nitrogen and oxygen atoms in total. The first-order chi connectivity index (χ1) is 9.24. The van der Waals surface area contributed by atoms with Gasteiger partial charge in [0.1, 0.15) is 0 Å². The van der Waals surface area contributed by atoms with Crippen molar-refractivity contribution < 1.29 is 4.79 Å². The van der Waals surface area contributed by atoms with Gasteiger partial charge in [0.2, 0.25) is 5.91 Å². The summed E-state index contributed by atoms with van der Waals surface area (Å²) in [6.07, 6.45) is 0. The lowest BCUT2D eigenvalue weighted by Gasteiger charge is -2.27. The van der Waals surface area contributed by atoms with Gasteiger partial charge in [-0.25, -0.2) is 0 Å². The maximum Gasteiger partial charge on any atom is 0.236 e. The predicted octanol–water partition coefficient (Wildman–Crippen LogP) is 1.48. The second-order valence-corrected chi connectivity index (χ2v) is 4.93. The normalized spacial score (nSPS) is 16.1. The summed E-state index contributed by atoms with van der Waals surface area (Å²) in [4.78, 5) is 18.3. The molecule has 0 aliphatic carbocycles. The van der Waals surface area contributed by atoms with Crippen LogP contribution in [0.2, 0.25) is 0 Å². The summed E-state index contributed by atoms with van der Waals surface area (Å²) in [5.41, 5.74) is 3.18. The molecule has 2 heterocycles. The Morgan fingerprint density at radius 1 is 1.37 bits per heavy atom. The van der Waals surface area contributed by atoms with Gasteiger partial charge in [0.25, 0.3) is 0 Å². The molecule has 2 aromatic rings. The molecule has 19 heavy (non-hydrogen) atoms. The Hall–Kier alpha value is -1.94. The van der Waals surface area contributed by atoms with Gasteiger partial charge in [-0.05, 0) is 24.6 Å². The fraction of sp³-hybridized carbons (Fsp3) is 0.333. The van der Waals surface area contributed by atoms with Crippen molar-refractivity contribution >= 4 is 16.8 Å². The lowest BCUT2D eigenvalue weighted by atomic mass is 10.1. The van der Waals surface area contributed by atoms with Crippen LogP contribution in [0.1, 0.15) is 11.3 Å². The molecular weight excluding hydrogens is 238 g/mol. The van der Waals surface area contributed by atoms with Gasteiger partial charge < -0.3 is 10.2 Å². The number of amides is 1. The van der Waals surface area contributed by atoms with E-state index in [1.54, 1.807) is 0 Å². The van der Waals surface area contributed by atoms with Crippen LogP contribution < -0.4 is 5.32 Å². The maximum atomic E-state index is 11.9. The van der Waals surface area contributed by atoms with Crippen LogP contribution in [-0.4, -0.2) is 35.4 Å². The van der Waals surface area contributed by atoms with Crippen LogP contribution in [0.3, 0.4) is 0 Å². The van der Waals surface area contributed by atoms with E-state index < -0.39 is 0 Å². The van der Waals surface area contributed by atoms with E-state index in [1.165, 1.54) is 5.56 Å². The first kappa shape index (κ1) is 12.1. The van der Waals surface area contributed by atoms with E-state index in [-0.39, 0.29) is 5.91 Å². The zero-order valence-electron chi connectivity index (χ0n) is 11.0. The topological polar surface area (TPSA) is 45.2 Å². The van der Waals surface area contributed by atoms with Crippen molar-refractivity contribution in [1.29, 1.82) is 0 Å². The number of nitrogens with one attached hydrogen (secondary N) is 1. The number of pyridine rings is 1. The van der Waals surface area contributed by atoms with Gasteiger partial charge >= 0.3 is 0 Å². The number of rotatable bonds is 2. The number of aromatic nitrogens is 1. The summed E-state index contributed by atoms with van der Waals surface area (Å²) < 4.78 is 0. The number of hydrogen-bond acceptors (Lipinski definition) is 3. The second kappa shape index (κ2) is 4.97. The highest BCUT2D eigenvalue weighted by atomic mass is 16.2. The molecule has 1 fully saturated rings. The Labute approximate surface area is 112 Å². The number of aryl methyl sites for hydroxylation is 1. The molecule has 1 aromatic carbocycles. The lowest BCUT2D eigenvalue weighted by molar-refractivity contribution is -0.132. The zero-order chi connectivity index (χ0) is 13.2. The number of carbonyl (C=O) groups is 1. The van der Waals surface area contributed by atoms with Gasteiger partial charge in [0.15, 0.2) is 0 Å². The number of nitrogens with zero attached hydrogens (tertiary/aromatic N) is 2. The fourth-order valence-electron chi connectivity index (χ4n) is 2.54. The standard InChI is InChI=1S/C15H17N3O/c1-11-8-12(10-18-7-6-16-9-15(18)19)13-4-2-3-5-14(13)17-11/h2-5,8,16H,6-7,9-10H2,1H3. The molecule has 98 valence electrons. The molecule has 1 N–H and O–H groups in total. The van der Waals surface area contributed by atoms with Gasteiger partial charge in [0, 0.05) is 30.7 Å². The van der Waals surface area contributed by atoms with E-state index in [1.807, 2.05) is 30.0 Å². The van der Waals surface area contributed by atoms with Crippen molar-refractivity contribution in [3.8, 4) is 0 Å². The number of para-hydroxylation sites is 1. The van der Waals surface area contributed by atoms with E-state index in [2.05, 4.69) is 22.4 Å². The molecule has 3 rings (SSSR count). The van der Waals surface area contributed by atoms with Gasteiger partial charge in [-0.15, -0.1) is 0 Å². The highest BCUT2D eigenvalue weighted by Crippen LogP contribution is 2.20. The number of carbonyl (C=O) groups excluding carboxylic acids is 1. The minimum Gasteiger partial charge on any atom is -0.336 e. The highest BCUT2D eigenvalue weighted by molar-refractivity contribution is 5.84. The number of fused-ring (bicyclic) bond motifs is 1. The third-order valence-corrected chi connectivity index (χ3v) is 3.48. The summed E-state index contributed by atoms with van der Waals surface area (Å²) in [5.74, 6) is 0.171. The van der Waals surface area contributed by atoms with Crippen molar-refractivity contribution in [3.05, 3.63) is 41.6 Å². The Balaban J connectivity index is 1.97. The maximum absolute atomic E-state index is 11.9. The van der Waals surface area contributed by atoms with Crippen molar-refractivity contribution in [2.45, 2.75) is 13.5 Å². The van der Waals surface area contributed by atoms with Crippen molar-refractivity contribution in [2.24, 2.45) is 0 Å². The van der Waals surface area contributed by atoms with Gasteiger partial charge in [-0.3, -0.25) is 9.78 Å². The molecular formula is C15H17N3O. The monoisotopic (exact) mass is 255 g/mol. The zero-order valence-corrected chi connectivity index (χ0v) is 11.0. The summed E-state index contributed by atoms with van der Waals surface area (Å²) >= 11 is 0. The lowest BCUT2D eigenvalue weighted by Crippen LogP contribution is -2.47. The van der Waals surface area contributed by atoms with E-state index in [9.17, 15) is 4.79 Å². The van der Waals surface area contributed by atoms with Crippen LogP contribution in [0, 0.1) is 6.92 Å². The number of hydrogen-bond donors (Lipinski definition) is 1. The van der Waals surface area contributed by atoms with Crippen molar-refractivity contribution in [1.82, 2.24) is 15.2 Å². The van der Waals surface area contributed by atoms with E-state index in [4.69, 9.17) is 0 Å². The van der Waals surface area contributed by atoms with Crippen LogP contribution in [-0.2, 0) is 11.3 Å². The molecule has 0 spiro atoms. The molecule has 1 aliphatic heterocycles. The molecule has 1 aliphatic rings. The summed E-state index contributed by atoms with van der Waals surface area (Å²) in [6, 6.07) is 10.2. The van der Waals surface area contributed by atoms with Crippen LogP contribution in [0.5, 0.6) is 0 Å². The van der Waals surface area contributed by atoms with Gasteiger partial charge in [-0.2, -0.15) is 0 Å². The third-order valence-electron chi connectivity index (χ3n) is 3.48. The predicted molar refractivity (Wildman–Crippen MR) is 74.8 cm³/mol. The summed E-state index contributed by atoms with van der Waals surface area (Å²) in [6.45, 7) is 4.75. The third kappa shape index (κ3) is 2.44.